The lowest BCUT2D eigenvalue weighted by Crippen LogP contribution is -2.40. The average molecular weight is 340 g/mol. The van der Waals surface area contributed by atoms with Crippen LogP contribution in [0.5, 0.6) is 5.75 Å². The van der Waals surface area contributed by atoms with Gasteiger partial charge in [-0.2, -0.15) is 5.10 Å². The van der Waals surface area contributed by atoms with Crippen molar-refractivity contribution in [3.63, 3.8) is 0 Å². The molecule has 1 aromatic carbocycles. The van der Waals surface area contributed by atoms with Crippen molar-refractivity contribution in [2.45, 2.75) is 26.3 Å². The summed E-state index contributed by atoms with van der Waals surface area (Å²) in [6.45, 7) is 4.14. The van der Waals surface area contributed by atoms with E-state index in [1.165, 1.54) is 0 Å². The Morgan fingerprint density at radius 1 is 1.16 bits per heavy atom. The van der Waals surface area contributed by atoms with Crippen molar-refractivity contribution in [2.24, 2.45) is 5.92 Å². The number of anilines is 1. The smallest absolute Gasteiger partial charge is 0.223 e. The number of benzene rings is 1. The highest BCUT2D eigenvalue weighted by atomic mass is 16.5. The lowest BCUT2D eigenvalue weighted by Gasteiger charge is -2.31. The SMILES string of the molecule is COc1ccc(CNC(=O)C2CCN(c3ccc(C)nn3)CC2)cc1. The van der Waals surface area contributed by atoms with Crippen molar-refractivity contribution in [1.29, 1.82) is 0 Å². The minimum absolute atomic E-state index is 0.0629. The van der Waals surface area contributed by atoms with Gasteiger partial charge >= 0.3 is 0 Å². The Bertz CT molecular complexity index is 692. The maximum atomic E-state index is 12.4. The number of hydrogen-bond acceptors (Lipinski definition) is 5. The van der Waals surface area contributed by atoms with Gasteiger partial charge in [0.1, 0.15) is 5.75 Å². The lowest BCUT2D eigenvalue weighted by molar-refractivity contribution is -0.125. The molecule has 0 aliphatic carbocycles. The molecule has 1 aliphatic heterocycles. The fourth-order valence-corrected chi connectivity index (χ4v) is 3.01. The second kappa shape index (κ2) is 7.96. The summed E-state index contributed by atoms with van der Waals surface area (Å²) >= 11 is 0. The summed E-state index contributed by atoms with van der Waals surface area (Å²) in [5.41, 5.74) is 1.98. The predicted molar refractivity (Wildman–Crippen MR) is 96.5 cm³/mol. The molecule has 1 saturated heterocycles. The van der Waals surface area contributed by atoms with Crippen LogP contribution in [0.2, 0.25) is 0 Å². The predicted octanol–water partition coefficient (Wildman–Crippen LogP) is 2.33. The molecule has 132 valence electrons. The molecule has 1 fully saturated rings. The van der Waals surface area contributed by atoms with Gasteiger partial charge in [-0.05, 0) is 49.6 Å². The molecule has 0 spiro atoms. The third-order valence-electron chi connectivity index (χ3n) is 4.60. The number of carbonyl (C=O) groups excluding carboxylic acids is 1. The van der Waals surface area contributed by atoms with Crippen molar-refractivity contribution in [1.82, 2.24) is 15.5 Å². The molecule has 1 aromatic heterocycles. The third-order valence-corrected chi connectivity index (χ3v) is 4.60. The van der Waals surface area contributed by atoms with Crippen molar-refractivity contribution >= 4 is 11.7 Å². The van der Waals surface area contributed by atoms with Crippen molar-refractivity contribution < 1.29 is 9.53 Å². The molecule has 6 nitrogen and oxygen atoms in total. The van der Waals surface area contributed by atoms with E-state index in [0.29, 0.717) is 6.54 Å². The quantitative estimate of drug-likeness (QED) is 0.905. The number of methoxy groups -OCH3 is 1. The van der Waals surface area contributed by atoms with Gasteiger partial charge in [-0.3, -0.25) is 4.79 Å². The van der Waals surface area contributed by atoms with E-state index < -0.39 is 0 Å². The zero-order valence-corrected chi connectivity index (χ0v) is 14.7. The number of amides is 1. The minimum atomic E-state index is 0.0629. The van der Waals surface area contributed by atoms with Crippen LogP contribution < -0.4 is 15.0 Å². The molecule has 6 heteroatoms. The minimum Gasteiger partial charge on any atom is -0.497 e. The fourth-order valence-electron chi connectivity index (χ4n) is 3.01. The van der Waals surface area contributed by atoms with E-state index in [1.54, 1.807) is 7.11 Å². The summed E-state index contributed by atoms with van der Waals surface area (Å²) in [6, 6.07) is 11.7. The molecule has 1 aliphatic rings. The highest BCUT2D eigenvalue weighted by Gasteiger charge is 2.25. The first-order chi connectivity index (χ1) is 12.2. The molecule has 1 amide bonds. The summed E-state index contributed by atoms with van der Waals surface area (Å²) in [5.74, 6) is 1.91. The summed E-state index contributed by atoms with van der Waals surface area (Å²) < 4.78 is 5.14. The van der Waals surface area contributed by atoms with E-state index in [9.17, 15) is 4.79 Å². The van der Waals surface area contributed by atoms with Gasteiger partial charge in [0, 0.05) is 25.6 Å². The Hall–Kier alpha value is -2.63. The fraction of sp³-hybridized carbons (Fsp3) is 0.421. The number of ether oxygens (including phenoxy) is 1. The summed E-state index contributed by atoms with van der Waals surface area (Å²) in [6.07, 6.45) is 1.67. The van der Waals surface area contributed by atoms with Crippen LogP contribution >= 0.6 is 0 Å². The van der Waals surface area contributed by atoms with Crippen molar-refractivity contribution in [2.75, 3.05) is 25.1 Å². The molecule has 3 rings (SSSR count). The van der Waals surface area contributed by atoms with E-state index in [1.807, 2.05) is 43.3 Å². The Balaban J connectivity index is 1.47. The topological polar surface area (TPSA) is 67.3 Å². The van der Waals surface area contributed by atoms with Gasteiger partial charge in [0.2, 0.25) is 5.91 Å². The molecule has 0 atom stereocenters. The van der Waals surface area contributed by atoms with E-state index in [4.69, 9.17) is 4.74 Å². The van der Waals surface area contributed by atoms with E-state index in [2.05, 4.69) is 20.4 Å². The lowest BCUT2D eigenvalue weighted by atomic mass is 9.96. The number of carbonyl (C=O) groups is 1. The summed E-state index contributed by atoms with van der Waals surface area (Å²) in [4.78, 5) is 14.6. The molecule has 0 unspecified atom stereocenters. The number of nitrogens with zero attached hydrogens (tertiary/aromatic N) is 3. The van der Waals surface area contributed by atoms with Crippen molar-refractivity contribution in [3.05, 3.63) is 47.7 Å². The summed E-state index contributed by atoms with van der Waals surface area (Å²) in [5, 5.41) is 11.4. The molecular formula is C19H24N4O2. The average Bonchev–Trinajstić information content (AvgIpc) is 2.67. The number of piperidine rings is 1. The number of hydrogen-bond donors (Lipinski definition) is 1. The van der Waals surface area contributed by atoms with Crippen LogP contribution in [0.15, 0.2) is 36.4 Å². The summed E-state index contributed by atoms with van der Waals surface area (Å²) in [7, 11) is 1.64. The monoisotopic (exact) mass is 340 g/mol. The maximum Gasteiger partial charge on any atom is 0.223 e. The Morgan fingerprint density at radius 2 is 1.88 bits per heavy atom. The van der Waals surface area contributed by atoms with Gasteiger partial charge in [0.25, 0.3) is 0 Å². The van der Waals surface area contributed by atoms with Crippen LogP contribution in [0.4, 0.5) is 5.82 Å². The van der Waals surface area contributed by atoms with Gasteiger partial charge < -0.3 is 15.0 Å². The molecule has 0 bridgehead atoms. The maximum absolute atomic E-state index is 12.4. The Morgan fingerprint density at radius 3 is 2.48 bits per heavy atom. The normalized spacial score (nSPS) is 15.0. The van der Waals surface area contributed by atoms with E-state index >= 15 is 0 Å². The third kappa shape index (κ3) is 4.47. The number of aromatic nitrogens is 2. The second-order valence-electron chi connectivity index (χ2n) is 6.36. The largest absolute Gasteiger partial charge is 0.497 e. The highest BCUT2D eigenvalue weighted by Crippen LogP contribution is 2.21. The van der Waals surface area contributed by atoms with Gasteiger partial charge in [-0.15, -0.1) is 5.10 Å². The standard InChI is InChI=1S/C19H24N4O2/c1-14-3-8-18(22-21-14)23-11-9-16(10-12-23)19(24)20-13-15-4-6-17(25-2)7-5-15/h3-8,16H,9-13H2,1-2H3,(H,20,24). The first kappa shape index (κ1) is 17.2. The Kier molecular flexibility index (Phi) is 5.48. The van der Waals surface area contributed by atoms with Gasteiger partial charge in [-0.1, -0.05) is 12.1 Å². The van der Waals surface area contributed by atoms with Crippen LogP contribution in [0.25, 0.3) is 0 Å². The van der Waals surface area contributed by atoms with Gasteiger partial charge in [0.05, 0.1) is 12.8 Å². The molecule has 2 heterocycles. The molecular weight excluding hydrogens is 316 g/mol. The zero-order valence-electron chi connectivity index (χ0n) is 14.7. The molecule has 1 N–H and O–H groups in total. The first-order valence-electron chi connectivity index (χ1n) is 8.61. The van der Waals surface area contributed by atoms with Crippen LogP contribution in [0.3, 0.4) is 0 Å². The van der Waals surface area contributed by atoms with Crippen molar-refractivity contribution in [3.8, 4) is 5.75 Å². The van der Waals surface area contributed by atoms with Gasteiger partial charge in [0.15, 0.2) is 5.82 Å². The van der Waals surface area contributed by atoms with Crippen LogP contribution in [-0.4, -0.2) is 36.3 Å². The molecule has 25 heavy (non-hydrogen) atoms. The molecule has 0 saturated carbocycles. The second-order valence-corrected chi connectivity index (χ2v) is 6.36. The first-order valence-corrected chi connectivity index (χ1v) is 8.61. The number of rotatable bonds is 5. The van der Waals surface area contributed by atoms with E-state index in [0.717, 1.165) is 48.8 Å². The number of nitrogens with one attached hydrogen (secondary N) is 1. The van der Waals surface area contributed by atoms with E-state index in [-0.39, 0.29) is 11.8 Å². The van der Waals surface area contributed by atoms with Crippen LogP contribution in [-0.2, 0) is 11.3 Å². The highest BCUT2D eigenvalue weighted by molar-refractivity contribution is 5.79. The number of aryl methyl sites for hydroxylation is 1. The van der Waals surface area contributed by atoms with Crippen LogP contribution in [0.1, 0.15) is 24.1 Å². The van der Waals surface area contributed by atoms with Gasteiger partial charge in [-0.25, -0.2) is 0 Å². The molecule has 0 radical (unpaired) electrons. The molecule has 2 aromatic rings. The zero-order chi connectivity index (χ0) is 17.6. The van der Waals surface area contributed by atoms with Crippen LogP contribution in [0, 0.1) is 12.8 Å². The Labute approximate surface area is 148 Å².